The molecule has 10 aliphatic carbocycles. The molecular formula is C76H113ClN4O14. The number of aliphatic hydroxyl groups excluding tert-OH is 2. The van der Waals surface area contributed by atoms with Gasteiger partial charge in [-0.15, -0.1) is 0 Å². The number of nitrogens with zero attached hydrogens (tertiary/aromatic N) is 3. The number of esters is 2. The maximum atomic E-state index is 13.8. The van der Waals surface area contributed by atoms with E-state index in [0.717, 1.165) is 90.4 Å². The molecule has 0 aromatic heterocycles. The molecule has 528 valence electrons. The monoisotopic (exact) mass is 1340 g/mol. The molecule has 2 saturated heterocycles. The number of quaternary nitrogens is 1. The number of hydrogen-bond donors (Lipinski definition) is 3. The van der Waals surface area contributed by atoms with Gasteiger partial charge >= 0.3 is 24.1 Å². The zero-order valence-electron chi connectivity index (χ0n) is 59.5. The molecule has 19 heteroatoms. The summed E-state index contributed by atoms with van der Waals surface area (Å²) in [5.41, 5.74) is 0.0486. The van der Waals surface area contributed by atoms with E-state index in [1.54, 1.807) is 23.6 Å². The Morgan fingerprint density at radius 3 is 1.33 bits per heavy atom. The first-order chi connectivity index (χ1) is 44.1. The van der Waals surface area contributed by atoms with E-state index in [0.29, 0.717) is 62.7 Å². The number of carbonyl (C=O) groups is 8. The van der Waals surface area contributed by atoms with Gasteiger partial charge in [-0.05, 0) is 186 Å². The van der Waals surface area contributed by atoms with Crippen molar-refractivity contribution in [3.8, 4) is 0 Å². The van der Waals surface area contributed by atoms with Gasteiger partial charge < -0.3 is 56.3 Å². The summed E-state index contributed by atoms with van der Waals surface area (Å²) in [6.45, 7) is 37.8. The minimum Gasteiger partial charge on any atom is -1.00 e. The molecule has 2 heterocycles. The van der Waals surface area contributed by atoms with Gasteiger partial charge in [0.1, 0.15) is 24.4 Å². The summed E-state index contributed by atoms with van der Waals surface area (Å²) >= 11 is 0. The molecule has 0 radical (unpaired) electrons. The van der Waals surface area contributed by atoms with Crippen LogP contribution < -0.4 is 17.3 Å². The van der Waals surface area contributed by atoms with Gasteiger partial charge in [-0.3, -0.25) is 33.7 Å². The van der Waals surface area contributed by atoms with Crippen LogP contribution in [0.1, 0.15) is 160 Å². The van der Waals surface area contributed by atoms with Crippen molar-refractivity contribution in [1.29, 1.82) is 0 Å². The highest BCUT2D eigenvalue weighted by molar-refractivity contribution is 5.99. The summed E-state index contributed by atoms with van der Waals surface area (Å²) < 4.78 is 23.3. The Labute approximate surface area is 571 Å². The highest BCUT2D eigenvalue weighted by Crippen LogP contribution is 2.89. The molecule has 2 amide bonds. The minimum atomic E-state index is -1.33. The van der Waals surface area contributed by atoms with Gasteiger partial charge in [0.2, 0.25) is 0 Å². The van der Waals surface area contributed by atoms with E-state index in [4.69, 9.17) is 18.9 Å². The smallest absolute Gasteiger partial charge is 0.410 e. The van der Waals surface area contributed by atoms with Crippen molar-refractivity contribution in [3.05, 3.63) is 48.6 Å². The van der Waals surface area contributed by atoms with E-state index in [-0.39, 0.29) is 133 Å². The average molecular weight is 1340 g/mol. The van der Waals surface area contributed by atoms with E-state index in [9.17, 15) is 48.6 Å². The van der Waals surface area contributed by atoms with E-state index in [1.807, 2.05) is 33.0 Å². The molecule has 12 aliphatic rings. The molecule has 4 spiro atoms. The van der Waals surface area contributed by atoms with Gasteiger partial charge in [0.25, 0.3) is 0 Å². The van der Waals surface area contributed by atoms with Crippen LogP contribution in [0.5, 0.6) is 0 Å². The predicted octanol–water partition coefficient (Wildman–Crippen LogP) is 5.72. The number of rotatable bonds is 16. The lowest BCUT2D eigenvalue weighted by molar-refractivity contribution is -0.883. The highest BCUT2D eigenvalue weighted by atomic mass is 35.5. The number of aliphatic hydroxyl groups is 2. The molecule has 0 bridgehead atoms. The summed E-state index contributed by atoms with van der Waals surface area (Å²) in [5, 5.41) is 23.4. The number of ether oxygens (including phenoxy) is 4. The van der Waals surface area contributed by atoms with Crippen molar-refractivity contribution < 1.29 is 84.8 Å². The normalized spacial score (nSPS) is 42.1. The number of Topliss-reactive ketones (excluding diaryl/α,β-unsaturated/α-hetero) is 2. The number of fused-ring (bicyclic) bond motifs is 4. The summed E-state index contributed by atoms with van der Waals surface area (Å²) in [6.07, 6.45) is 15.6. The maximum absolute atomic E-state index is 13.8. The van der Waals surface area contributed by atoms with E-state index < -0.39 is 65.7 Å². The van der Waals surface area contributed by atoms with Crippen LogP contribution in [-0.4, -0.2) is 176 Å². The number of halogens is 1. The molecule has 3 N–H and O–H groups in total. The number of amides is 2. The summed E-state index contributed by atoms with van der Waals surface area (Å²) in [6, 6.07) is 0. The van der Waals surface area contributed by atoms with Crippen LogP contribution in [-0.2, 0) is 47.7 Å². The second-order valence-electron chi connectivity index (χ2n) is 33.8. The predicted molar refractivity (Wildman–Crippen MR) is 353 cm³/mol. The molecule has 0 aromatic rings. The third-order valence-corrected chi connectivity index (χ3v) is 29.7. The summed E-state index contributed by atoms with van der Waals surface area (Å²) in [7, 11) is 4.12. The highest BCUT2D eigenvalue weighted by Gasteiger charge is 2.84. The molecular weight excluding hydrogens is 1230 g/mol. The molecule has 10 fully saturated rings. The molecule has 24 atom stereocenters. The van der Waals surface area contributed by atoms with Crippen molar-refractivity contribution in [2.75, 3.05) is 79.7 Å². The van der Waals surface area contributed by atoms with Gasteiger partial charge in [-0.2, -0.15) is 0 Å². The van der Waals surface area contributed by atoms with Crippen molar-refractivity contribution in [2.45, 2.75) is 185 Å². The lowest BCUT2D eigenvalue weighted by Crippen LogP contribution is -3.12. The van der Waals surface area contributed by atoms with Gasteiger partial charge in [0.15, 0.2) is 23.1 Å². The Morgan fingerprint density at radius 2 is 0.958 bits per heavy atom. The molecule has 95 heavy (non-hydrogen) atoms. The fourth-order valence-corrected chi connectivity index (χ4v) is 23.9. The topological polar surface area (TPSA) is 228 Å². The Morgan fingerprint density at radius 1 is 0.589 bits per heavy atom. The Hall–Kier alpha value is -4.75. The summed E-state index contributed by atoms with van der Waals surface area (Å²) in [4.78, 5) is 110. The van der Waals surface area contributed by atoms with Crippen LogP contribution in [0, 0.1) is 114 Å². The standard InChI is InChI=1S/2C38H56N2O7.ClH/c2*1-22(20-46-34(45)40-17-15-39(8)16-18-40)23(2)32(43)33(44)25(4)31-29(47-26(5)41)19-36(7)30-10-9-27-24(3)28(42)11-12-37(27)21-38(30,37)14-13-35(31,36)6;/h2*11-12,22,24-25,27,29-31,33,44H,2,9-10,13-21H2,1,3-8H3;1H/t2*22-,24-,25-,27-,29-,30-,31-,33+,35+,36-,37+,38-;/m00./s1. The molecule has 8 saturated carbocycles. The molecule has 0 unspecified atom stereocenters. The Balaban J connectivity index is 0.000000205. The third kappa shape index (κ3) is 11.5. The number of carbonyl (C=O) groups excluding carboxylic acids is 8. The van der Waals surface area contributed by atoms with Crippen LogP contribution >= 0.6 is 0 Å². The fourth-order valence-electron chi connectivity index (χ4n) is 23.9. The lowest BCUT2D eigenvalue weighted by Gasteiger charge is -2.61. The number of hydrogen-bond acceptors (Lipinski definition) is 15. The van der Waals surface area contributed by atoms with Crippen LogP contribution in [0.25, 0.3) is 0 Å². The van der Waals surface area contributed by atoms with Gasteiger partial charge in [0, 0.05) is 75.5 Å². The van der Waals surface area contributed by atoms with Gasteiger partial charge in [-0.25, -0.2) is 9.59 Å². The van der Waals surface area contributed by atoms with Crippen molar-refractivity contribution in [3.63, 3.8) is 0 Å². The molecule has 0 aromatic carbocycles. The quantitative estimate of drug-likeness (QED) is 0.0955. The SMILES string of the molecule is C=C(C(=O)[C@H](O)[C@@H](C)[C@H]1[C@@H](OC(C)=O)C[C@@]2(C)[C@@H]3CC[C@H]4[C@H](C)C(=O)C=C[C@@]45C[C@@]35CC[C@]12C)[C@@H](C)COC(=O)N1CCN(C)CC1.C=C(C(=O)[C@H](O)[C@@H](C)[C@H]1[C@@H](OC(C)=O)C[C@@]2(C)[C@@H]3CC[C@H]4[C@H](C)C(=O)C=C[C@@]45C[C@@]35CC[C@]12C)[C@@H](C)COC(=O)N1CC[NH+](C)CC1.[Cl-]. The first-order valence-corrected chi connectivity index (χ1v) is 36.0. The zero-order valence-corrected chi connectivity index (χ0v) is 60.3. The Bertz CT molecular complexity index is 2950. The average Bonchev–Trinajstić information content (AvgIpc) is 1.48. The van der Waals surface area contributed by atoms with E-state index in [1.165, 1.54) is 18.7 Å². The van der Waals surface area contributed by atoms with E-state index >= 15 is 0 Å². The van der Waals surface area contributed by atoms with E-state index in [2.05, 4.69) is 78.8 Å². The minimum absolute atomic E-state index is 0. The first-order valence-electron chi connectivity index (χ1n) is 36.0. The number of ketones is 4. The molecule has 18 nitrogen and oxygen atoms in total. The number of piperazine rings is 2. The van der Waals surface area contributed by atoms with Crippen LogP contribution in [0.4, 0.5) is 9.59 Å². The lowest BCUT2D eigenvalue weighted by atomic mass is 9.43. The second-order valence-corrected chi connectivity index (χ2v) is 33.8. The van der Waals surface area contributed by atoms with Crippen LogP contribution in [0.15, 0.2) is 48.6 Å². The van der Waals surface area contributed by atoms with Crippen LogP contribution in [0.2, 0.25) is 0 Å². The zero-order chi connectivity index (χ0) is 68.5. The van der Waals surface area contributed by atoms with Crippen molar-refractivity contribution in [1.82, 2.24) is 14.7 Å². The third-order valence-electron chi connectivity index (χ3n) is 29.7. The largest absolute Gasteiger partial charge is 1.00 e. The number of nitrogens with one attached hydrogen (secondary N) is 1. The van der Waals surface area contributed by atoms with Gasteiger partial charge in [0.05, 0.1) is 46.4 Å². The van der Waals surface area contributed by atoms with Gasteiger partial charge in [-0.1, -0.05) is 94.5 Å². The van der Waals surface area contributed by atoms with Crippen molar-refractivity contribution in [2.24, 2.45) is 114 Å². The fraction of sp³-hybridized carbons (Fsp3) is 0.789. The Kier molecular flexibility index (Phi) is 20.0. The second kappa shape index (κ2) is 26.1. The van der Waals surface area contributed by atoms with Crippen molar-refractivity contribution >= 4 is 47.3 Å². The van der Waals surface area contributed by atoms with Crippen LogP contribution in [0.3, 0.4) is 0 Å². The summed E-state index contributed by atoms with van der Waals surface area (Å²) in [5.74, 6) is -1.69. The molecule has 2 aliphatic heterocycles. The maximum Gasteiger partial charge on any atom is 0.410 e. The first kappa shape index (κ1) is 73.0. The number of likely N-dealkylation sites (N-methyl/N-ethyl adjacent to an activating group) is 2. The molecule has 12 rings (SSSR count). The number of allylic oxidation sites excluding steroid dienone is 4.